The van der Waals surface area contributed by atoms with E-state index < -0.39 is 11.7 Å². The van der Waals surface area contributed by atoms with Crippen LogP contribution >= 0.6 is 11.3 Å². The zero-order valence-corrected chi connectivity index (χ0v) is 11.1. The maximum absolute atomic E-state index is 11.5. The first-order valence-electron chi connectivity index (χ1n) is 5.17. The van der Waals surface area contributed by atoms with Crippen LogP contribution in [0.3, 0.4) is 0 Å². The molecule has 17 heavy (non-hydrogen) atoms. The third-order valence-electron chi connectivity index (χ3n) is 1.74. The second-order valence-corrected chi connectivity index (χ2v) is 5.44. The Balaban J connectivity index is 2.58. The fourth-order valence-electron chi connectivity index (χ4n) is 1.08. The molecule has 1 N–H and O–H groups in total. The lowest BCUT2D eigenvalue weighted by atomic mass is 10.2. The minimum Gasteiger partial charge on any atom is -0.444 e. The van der Waals surface area contributed by atoms with E-state index >= 15 is 0 Å². The zero-order valence-electron chi connectivity index (χ0n) is 10.3. The van der Waals surface area contributed by atoms with E-state index in [0.717, 1.165) is 0 Å². The van der Waals surface area contributed by atoms with Crippen molar-refractivity contribution in [1.29, 1.82) is 5.26 Å². The zero-order chi connectivity index (χ0) is 13.1. The van der Waals surface area contributed by atoms with Crippen LogP contribution < -0.4 is 5.32 Å². The summed E-state index contributed by atoms with van der Waals surface area (Å²) in [5, 5.41) is 13.7. The predicted octanol–water partition coefficient (Wildman–Crippen LogP) is 2.60. The van der Waals surface area contributed by atoms with Crippen LogP contribution in [-0.2, 0) is 4.74 Å². The average molecular weight is 253 g/mol. The number of alkyl carbamates (subject to hydrolysis) is 1. The van der Waals surface area contributed by atoms with Gasteiger partial charge in [-0.15, -0.1) is 11.3 Å². The molecule has 92 valence electrons. The molecule has 1 aromatic rings. The minimum atomic E-state index is -0.523. The fraction of sp³-hybridized carbons (Fsp3) is 0.545. The molecule has 1 atom stereocenters. The Morgan fingerprint density at radius 3 is 2.76 bits per heavy atom. The smallest absolute Gasteiger partial charge is 0.408 e. The summed E-state index contributed by atoms with van der Waals surface area (Å²) in [5.74, 6) is 0. The molecule has 0 saturated heterocycles. The summed E-state index contributed by atoms with van der Waals surface area (Å²) in [6.45, 7) is 7.20. The molecule has 5 nitrogen and oxygen atoms in total. The highest BCUT2D eigenvalue weighted by Crippen LogP contribution is 2.18. The highest BCUT2D eigenvalue weighted by atomic mass is 32.1. The quantitative estimate of drug-likeness (QED) is 0.879. The van der Waals surface area contributed by atoms with Gasteiger partial charge in [-0.3, -0.25) is 0 Å². The third kappa shape index (κ3) is 4.41. The van der Waals surface area contributed by atoms with Gasteiger partial charge in [-0.05, 0) is 27.7 Å². The van der Waals surface area contributed by atoms with Gasteiger partial charge in [0.15, 0.2) is 5.69 Å². The average Bonchev–Trinajstić information content (AvgIpc) is 2.62. The summed E-state index contributed by atoms with van der Waals surface area (Å²) >= 11 is 1.34. The molecule has 1 heterocycles. The number of thiazole rings is 1. The van der Waals surface area contributed by atoms with Crippen molar-refractivity contribution in [2.45, 2.75) is 39.3 Å². The van der Waals surface area contributed by atoms with E-state index in [1.807, 2.05) is 6.07 Å². The molecule has 0 bridgehead atoms. The normalized spacial score (nSPS) is 12.6. The van der Waals surface area contributed by atoms with Crippen molar-refractivity contribution >= 4 is 17.4 Å². The van der Waals surface area contributed by atoms with Crippen LogP contribution in [0.4, 0.5) is 4.79 Å². The van der Waals surface area contributed by atoms with Crippen LogP contribution in [0, 0.1) is 11.3 Å². The van der Waals surface area contributed by atoms with Crippen molar-refractivity contribution in [1.82, 2.24) is 10.3 Å². The van der Waals surface area contributed by atoms with Crippen molar-refractivity contribution in [3.8, 4) is 6.07 Å². The van der Waals surface area contributed by atoms with Gasteiger partial charge in [0.1, 0.15) is 16.7 Å². The van der Waals surface area contributed by atoms with Crippen LogP contribution in [0.25, 0.3) is 0 Å². The first-order chi connectivity index (χ1) is 7.81. The van der Waals surface area contributed by atoms with Gasteiger partial charge in [-0.1, -0.05) is 0 Å². The summed E-state index contributed by atoms with van der Waals surface area (Å²) in [6.07, 6.45) is -0.487. The van der Waals surface area contributed by atoms with Gasteiger partial charge in [0.05, 0.1) is 6.04 Å². The van der Waals surface area contributed by atoms with Crippen LogP contribution in [-0.4, -0.2) is 16.7 Å². The maximum Gasteiger partial charge on any atom is 0.408 e. The van der Waals surface area contributed by atoms with Crippen molar-refractivity contribution < 1.29 is 9.53 Å². The summed E-state index contributed by atoms with van der Waals surface area (Å²) in [7, 11) is 0. The van der Waals surface area contributed by atoms with Crippen molar-refractivity contribution in [2.75, 3.05) is 0 Å². The van der Waals surface area contributed by atoms with Crippen molar-refractivity contribution in [2.24, 2.45) is 0 Å². The Bertz CT molecular complexity index is 442. The number of hydrogen-bond donors (Lipinski definition) is 1. The molecule has 0 aromatic carbocycles. The molecule has 0 fully saturated rings. The fourth-order valence-corrected chi connectivity index (χ4v) is 1.84. The minimum absolute atomic E-state index is 0.267. The summed E-state index contributed by atoms with van der Waals surface area (Å²) < 4.78 is 5.12. The number of nitrogens with one attached hydrogen (secondary N) is 1. The predicted molar refractivity (Wildman–Crippen MR) is 64.6 cm³/mol. The number of ether oxygens (including phenoxy) is 1. The molecule has 0 aliphatic rings. The molecular weight excluding hydrogens is 238 g/mol. The molecule has 0 aliphatic carbocycles. The number of amides is 1. The third-order valence-corrected chi connectivity index (χ3v) is 2.77. The van der Waals surface area contributed by atoms with Gasteiger partial charge in [0.25, 0.3) is 0 Å². The van der Waals surface area contributed by atoms with Gasteiger partial charge in [0.2, 0.25) is 0 Å². The molecule has 0 saturated carbocycles. The second-order valence-electron chi connectivity index (χ2n) is 4.55. The number of nitrogens with zero attached hydrogens (tertiary/aromatic N) is 2. The van der Waals surface area contributed by atoms with E-state index in [1.165, 1.54) is 11.3 Å². The number of nitriles is 1. The van der Waals surface area contributed by atoms with E-state index in [9.17, 15) is 4.79 Å². The van der Waals surface area contributed by atoms with Crippen LogP contribution in [0.5, 0.6) is 0 Å². The number of aromatic nitrogens is 1. The number of rotatable bonds is 2. The van der Waals surface area contributed by atoms with E-state index in [2.05, 4.69) is 10.3 Å². The van der Waals surface area contributed by atoms with Gasteiger partial charge >= 0.3 is 6.09 Å². The van der Waals surface area contributed by atoms with E-state index in [4.69, 9.17) is 10.00 Å². The SMILES string of the molecule is C[C@@H](NC(=O)OC(C)(C)C)c1nc(C#N)cs1. The highest BCUT2D eigenvalue weighted by Gasteiger charge is 2.19. The molecule has 0 unspecified atom stereocenters. The molecule has 0 radical (unpaired) electrons. The molecule has 1 rings (SSSR count). The van der Waals surface area contributed by atoms with Crippen molar-refractivity contribution in [3.63, 3.8) is 0 Å². The Kier molecular flexibility index (Phi) is 4.07. The maximum atomic E-state index is 11.5. The van der Waals surface area contributed by atoms with E-state index in [0.29, 0.717) is 10.7 Å². The topological polar surface area (TPSA) is 75.0 Å². The largest absolute Gasteiger partial charge is 0.444 e. The number of hydrogen-bond acceptors (Lipinski definition) is 5. The molecule has 1 aromatic heterocycles. The number of carbonyl (C=O) groups excluding carboxylic acids is 1. The lowest BCUT2D eigenvalue weighted by Gasteiger charge is -2.21. The Morgan fingerprint density at radius 2 is 2.29 bits per heavy atom. The number of carbonyl (C=O) groups is 1. The van der Waals surface area contributed by atoms with Crippen molar-refractivity contribution in [3.05, 3.63) is 16.1 Å². The first kappa shape index (κ1) is 13.5. The highest BCUT2D eigenvalue weighted by molar-refractivity contribution is 7.09. The molecular formula is C11H15N3O2S. The van der Waals surface area contributed by atoms with Crippen LogP contribution in [0.2, 0.25) is 0 Å². The van der Waals surface area contributed by atoms with Gasteiger partial charge in [-0.25, -0.2) is 9.78 Å². The lowest BCUT2D eigenvalue weighted by Crippen LogP contribution is -2.34. The standard InChI is InChI=1S/C11H15N3O2S/c1-7(9-14-8(5-12)6-17-9)13-10(15)16-11(2,3)4/h6-7H,1-4H3,(H,13,15)/t7-/m1/s1. The molecule has 0 spiro atoms. The molecule has 1 amide bonds. The Morgan fingerprint density at radius 1 is 1.65 bits per heavy atom. The Hall–Kier alpha value is -1.61. The van der Waals surface area contributed by atoms with E-state index in [-0.39, 0.29) is 6.04 Å². The molecule has 6 heteroatoms. The summed E-state index contributed by atoms with van der Waals surface area (Å²) in [4.78, 5) is 15.6. The summed E-state index contributed by atoms with van der Waals surface area (Å²) in [5.41, 5.74) is -0.160. The van der Waals surface area contributed by atoms with Crippen LogP contribution in [0.15, 0.2) is 5.38 Å². The monoisotopic (exact) mass is 253 g/mol. The lowest BCUT2D eigenvalue weighted by molar-refractivity contribution is 0.0508. The van der Waals surface area contributed by atoms with Gasteiger partial charge in [0, 0.05) is 5.38 Å². The summed E-state index contributed by atoms with van der Waals surface area (Å²) in [6, 6.07) is 1.68. The van der Waals surface area contributed by atoms with Gasteiger partial charge < -0.3 is 10.1 Å². The van der Waals surface area contributed by atoms with E-state index in [1.54, 1.807) is 33.1 Å². The first-order valence-corrected chi connectivity index (χ1v) is 6.05. The second kappa shape index (κ2) is 5.15. The van der Waals surface area contributed by atoms with Crippen LogP contribution in [0.1, 0.15) is 44.4 Å². The Labute approximate surface area is 104 Å². The molecule has 0 aliphatic heterocycles. The van der Waals surface area contributed by atoms with Gasteiger partial charge in [-0.2, -0.15) is 5.26 Å².